The molecule has 3 rings (SSSR count). The third kappa shape index (κ3) is 5.39. The number of rotatable bonds is 9. The van der Waals surface area contributed by atoms with Gasteiger partial charge in [-0.15, -0.1) is 6.58 Å². The Morgan fingerprint density at radius 2 is 2.00 bits per heavy atom. The minimum absolute atomic E-state index is 0.112. The normalized spacial score (nSPS) is 23.3. The van der Waals surface area contributed by atoms with Crippen molar-refractivity contribution in [2.75, 3.05) is 26.2 Å². The molecule has 4 nitrogen and oxygen atoms in total. The van der Waals surface area contributed by atoms with Gasteiger partial charge in [-0.05, 0) is 62.8 Å². The summed E-state index contributed by atoms with van der Waals surface area (Å²) in [5.41, 5.74) is 7.37. The van der Waals surface area contributed by atoms with Crippen LogP contribution in [0.1, 0.15) is 50.0 Å². The van der Waals surface area contributed by atoms with Crippen molar-refractivity contribution in [2.24, 2.45) is 5.73 Å². The van der Waals surface area contributed by atoms with Crippen molar-refractivity contribution in [1.29, 1.82) is 0 Å². The molecule has 0 bridgehead atoms. The summed E-state index contributed by atoms with van der Waals surface area (Å²) in [5.74, 6) is 0.390. The highest BCUT2D eigenvalue weighted by Gasteiger charge is 2.42. The molecule has 1 amide bonds. The number of benzene rings is 1. The van der Waals surface area contributed by atoms with E-state index in [9.17, 15) is 9.18 Å². The maximum Gasteiger partial charge on any atom is 0.239 e. The fourth-order valence-corrected chi connectivity index (χ4v) is 4.20. The second-order valence-corrected chi connectivity index (χ2v) is 7.88. The largest absolute Gasteiger partial charge is 0.341 e. The molecule has 2 aliphatic rings. The van der Waals surface area contributed by atoms with Crippen LogP contribution in [0, 0.1) is 5.82 Å². The monoisotopic (exact) mass is 373 g/mol. The van der Waals surface area contributed by atoms with Gasteiger partial charge in [0.25, 0.3) is 0 Å². The molecule has 1 unspecified atom stereocenters. The topological polar surface area (TPSA) is 49.6 Å². The number of hydrogen-bond donors (Lipinski definition) is 1. The first-order valence-corrected chi connectivity index (χ1v) is 10.2. The number of nitrogens with two attached hydrogens (primary N) is 1. The number of carbonyl (C=O) groups is 1. The molecular weight excluding hydrogens is 341 g/mol. The lowest BCUT2D eigenvalue weighted by Gasteiger charge is -2.29. The number of carbonyl (C=O) groups excluding carboxylic acids is 1. The highest BCUT2D eigenvalue weighted by atomic mass is 19.1. The van der Waals surface area contributed by atoms with E-state index >= 15 is 0 Å². The second-order valence-electron chi connectivity index (χ2n) is 7.88. The zero-order valence-corrected chi connectivity index (χ0v) is 16.2. The van der Waals surface area contributed by atoms with Gasteiger partial charge in [0.15, 0.2) is 0 Å². The molecule has 0 aromatic heterocycles. The lowest BCUT2D eigenvalue weighted by Crippen LogP contribution is -2.46. The summed E-state index contributed by atoms with van der Waals surface area (Å²) in [6.07, 6.45) is 8.05. The molecule has 148 valence electrons. The van der Waals surface area contributed by atoms with Crippen molar-refractivity contribution >= 4 is 5.91 Å². The number of hydrogen-bond acceptors (Lipinski definition) is 3. The lowest BCUT2D eigenvalue weighted by atomic mass is 10.1. The lowest BCUT2D eigenvalue weighted by molar-refractivity contribution is -0.133. The van der Waals surface area contributed by atoms with Crippen LogP contribution in [0.3, 0.4) is 0 Å². The van der Waals surface area contributed by atoms with E-state index in [0.29, 0.717) is 12.0 Å². The fourth-order valence-electron chi connectivity index (χ4n) is 4.20. The highest BCUT2D eigenvalue weighted by molar-refractivity contribution is 5.81. The van der Waals surface area contributed by atoms with E-state index in [1.54, 1.807) is 0 Å². The average Bonchev–Trinajstić information content (AvgIpc) is 3.48. The Morgan fingerprint density at radius 3 is 2.67 bits per heavy atom. The van der Waals surface area contributed by atoms with Gasteiger partial charge in [-0.1, -0.05) is 18.2 Å². The SMILES string of the molecule is C=CCN(CCC[C@H](N)C(=O)N1CCCCC1)C1C[C@H]1c1ccc(F)cc1. The number of halogens is 1. The molecule has 3 atom stereocenters. The molecule has 0 spiro atoms. The van der Waals surface area contributed by atoms with Gasteiger partial charge in [0, 0.05) is 31.6 Å². The van der Waals surface area contributed by atoms with E-state index in [4.69, 9.17) is 5.73 Å². The van der Waals surface area contributed by atoms with Gasteiger partial charge in [0.05, 0.1) is 6.04 Å². The summed E-state index contributed by atoms with van der Waals surface area (Å²) in [6, 6.07) is 6.93. The van der Waals surface area contributed by atoms with E-state index < -0.39 is 0 Å². The number of likely N-dealkylation sites (tertiary alicyclic amines) is 1. The Hall–Kier alpha value is -1.72. The van der Waals surface area contributed by atoms with E-state index in [1.165, 1.54) is 24.1 Å². The molecule has 5 heteroatoms. The van der Waals surface area contributed by atoms with Crippen molar-refractivity contribution in [2.45, 2.75) is 56.5 Å². The van der Waals surface area contributed by atoms with Gasteiger partial charge >= 0.3 is 0 Å². The molecule has 2 fully saturated rings. The smallest absolute Gasteiger partial charge is 0.239 e. The molecule has 0 radical (unpaired) electrons. The van der Waals surface area contributed by atoms with E-state index in [2.05, 4.69) is 11.5 Å². The molecule has 1 saturated heterocycles. The average molecular weight is 374 g/mol. The summed E-state index contributed by atoms with van der Waals surface area (Å²) in [5, 5.41) is 0. The quantitative estimate of drug-likeness (QED) is 0.676. The van der Waals surface area contributed by atoms with Crippen LogP contribution in [0.5, 0.6) is 0 Å². The standard InChI is InChI=1S/C22H32FN3O/c1-2-12-25(21-16-19(21)17-8-10-18(23)11-9-17)15-6-7-20(24)22(27)26-13-4-3-5-14-26/h2,8-11,19-21H,1,3-7,12-16,24H2/t19-,20-,21?/m0/s1. The Labute approximate surface area is 162 Å². The summed E-state index contributed by atoms with van der Waals surface area (Å²) < 4.78 is 13.1. The van der Waals surface area contributed by atoms with E-state index in [-0.39, 0.29) is 17.8 Å². The minimum Gasteiger partial charge on any atom is -0.341 e. The molecule has 1 saturated carbocycles. The van der Waals surface area contributed by atoms with Gasteiger partial charge in [-0.2, -0.15) is 0 Å². The van der Waals surface area contributed by atoms with Crippen molar-refractivity contribution < 1.29 is 9.18 Å². The van der Waals surface area contributed by atoms with Gasteiger partial charge in [0.2, 0.25) is 5.91 Å². The van der Waals surface area contributed by atoms with Crippen LogP contribution in [0.25, 0.3) is 0 Å². The predicted molar refractivity (Wildman–Crippen MR) is 107 cm³/mol. The van der Waals surface area contributed by atoms with Crippen LogP contribution in [-0.2, 0) is 4.79 Å². The Balaban J connectivity index is 1.45. The highest BCUT2D eigenvalue weighted by Crippen LogP contribution is 2.44. The van der Waals surface area contributed by atoms with Crippen LogP contribution >= 0.6 is 0 Å². The van der Waals surface area contributed by atoms with Crippen LogP contribution < -0.4 is 5.73 Å². The van der Waals surface area contributed by atoms with Crippen LogP contribution in [-0.4, -0.2) is 54.0 Å². The first-order valence-electron chi connectivity index (χ1n) is 10.2. The van der Waals surface area contributed by atoms with E-state index in [0.717, 1.165) is 58.3 Å². The summed E-state index contributed by atoms with van der Waals surface area (Å²) in [6.45, 7) is 7.33. The maximum atomic E-state index is 13.1. The molecule has 1 aromatic carbocycles. The van der Waals surface area contributed by atoms with Gasteiger partial charge in [0.1, 0.15) is 5.82 Å². The molecule has 27 heavy (non-hydrogen) atoms. The summed E-state index contributed by atoms with van der Waals surface area (Å²) >= 11 is 0. The molecule has 1 aliphatic heterocycles. The van der Waals surface area contributed by atoms with Crippen LogP contribution in [0.15, 0.2) is 36.9 Å². The zero-order valence-electron chi connectivity index (χ0n) is 16.2. The molecule has 1 heterocycles. The Kier molecular flexibility index (Phi) is 7.02. The summed E-state index contributed by atoms with van der Waals surface area (Å²) in [4.78, 5) is 16.8. The minimum atomic E-state index is -0.388. The maximum absolute atomic E-state index is 13.1. The molecule has 1 aliphatic carbocycles. The van der Waals surface area contributed by atoms with Crippen LogP contribution in [0.2, 0.25) is 0 Å². The molecule has 2 N–H and O–H groups in total. The fraction of sp³-hybridized carbons (Fsp3) is 0.591. The van der Waals surface area contributed by atoms with E-state index in [1.807, 2.05) is 23.1 Å². The first-order chi connectivity index (χ1) is 13.1. The van der Waals surface area contributed by atoms with Crippen molar-refractivity contribution in [1.82, 2.24) is 9.80 Å². The number of piperidine rings is 1. The predicted octanol–water partition coefficient (Wildman–Crippen LogP) is 3.29. The number of amides is 1. The van der Waals surface area contributed by atoms with Gasteiger partial charge in [-0.25, -0.2) is 4.39 Å². The number of nitrogens with zero attached hydrogens (tertiary/aromatic N) is 2. The molecular formula is C22H32FN3O. The third-order valence-corrected chi connectivity index (χ3v) is 5.83. The van der Waals surface area contributed by atoms with Crippen LogP contribution in [0.4, 0.5) is 4.39 Å². The van der Waals surface area contributed by atoms with Gasteiger partial charge < -0.3 is 10.6 Å². The summed E-state index contributed by atoms with van der Waals surface area (Å²) in [7, 11) is 0. The van der Waals surface area contributed by atoms with Crippen molar-refractivity contribution in [3.05, 3.63) is 48.3 Å². The second kappa shape index (κ2) is 9.47. The zero-order chi connectivity index (χ0) is 19.2. The molecule has 1 aromatic rings. The van der Waals surface area contributed by atoms with Crippen molar-refractivity contribution in [3.63, 3.8) is 0 Å². The third-order valence-electron chi connectivity index (χ3n) is 5.83. The Morgan fingerprint density at radius 1 is 1.30 bits per heavy atom. The Bertz CT molecular complexity index is 627. The van der Waals surface area contributed by atoms with Gasteiger partial charge in [-0.3, -0.25) is 9.69 Å². The first kappa shape index (κ1) is 20.0. The van der Waals surface area contributed by atoms with Crippen molar-refractivity contribution in [3.8, 4) is 0 Å².